The highest BCUT2D eigenvalue weighted by molar-refractivity contribution is 6.30. The van der Waals surface area contributed by atoms with Crippen molar-refractivity contribution in [3.8, 4) is 11.5 Å². The first-order chi connectivity index (χ1) is 9.60. The lowest BCUT2D eigenvalue weighted by Crippen LogP contribution is -2.30. The van der Waals surface area contributed by atoms with Crippen LogP contribution in [-0.2, 0) is 11.3 Å². The third-order valence-corrected chi connectivity index (χ3v) is 3.82. The average Bonchev–Trinajstić information content (AvgIpc) is 2.43. The maximum Gasteiger partial charge on any atom is 0.162 e. The first-order valence-corrected chi connectivity index (χ1v) is 7.29. The van der Waals surface area contributed by atoms with Gasteiger partial charge < -0.3 is 19.5 Å². The van der Waals surface area contributed by atoms with Crippen LogP contribution in [0.3, 0.4) is 0 Å². The molecule has 0 spiro atoms. The molecule has 4 nitrogen and oxygen atoms in total. The van der Waals surface area contributed by atoms with E-state index in [9.17, 15) is 5.11 Å². The summed E-state index contributed by atoms with van der Waals surface area (Å²) in [4.78, 5) is 2.18. The van der Waals surface area contributed by atoms with Crippen molar-refractivity contribution < 1.29 is 14.6 Å². The van der Waals surface area contributed by atoms with Crippen molar-refractivity contribution in [1.82, 2.24) is 4.90 Å². The second-order valence-electron chi connectivity index (χ2n) is 5.40. The number of phenolic OH excluding ortho intramolecular Hbond substituents is 1. The molecular weight excluding hydrogens is 278 g/mol. The Bertz CT molecular complexity index is 447. The maximum absolute atomic E-state index is 10.1. The van der Waals surface area contributed by atoms with E-state index in [1.54, 1.807) is 12.1 Å². The van der Waals surface area contributed by atoms with Gasteiger partial charge in [0.25, 0.3) is 0 Å². The summed E-state index contributed by atoms with van der Waals surface area (Å²) in [6, 6.07) is 3.41. The fourth-order valence-electron chi connectivity index (χ4n) is 2.65. The molecule has 0 amide bonds. The van der Waals surface area contributed by atoms with E-state index >= 15 is 0 Å². The minimum absolute atomic E-state index is 0.170. The number of halogens is 1. The van der Waals surface area contributed by atoms with E-state index in [0.29, 0.717) is 23.2 Å². The molecule has 0 aliphatic carbocycles. The average molecular weight is 300 g/mol. The Labute approximate surface area is 125 Å². The summed E-state index contributed by atoms with van der Waals surface area (Å²) >= 11 is 6.05. The summed E-state index contributed by atoms with van der Waals surface area (Å²) in [6.45, 7) is 3.30. The topological polar surface area (TPSA) is 41.9 Å². The lowest BCUT2D eigenvalue weighted by atomic mass is 10.0. The molecule has 20 heavy (non-hydrogen) atoms. The fourth-order valence-corrected chi connectivity index (χ4v) is 2.88. The van der Waals surface area contributed by atoms with Gasteiger partial charge in [-0.05, 0) is 31.9 Å². The van der Waals surface area contributed by atoms with Gasteiger partial charge in [-0.1, -0.05) is 11.6 Å². The third-order valence-electron chi connectivity index (χ3n) is 3.60. The molecule has 1 atom stereocenters. The van der Waals surface area contributed by atoms with Crippen LogP contribution in [0.25, 0.3) is 0 Å². The monoisotopic (exact) mass is 299 g/mol. The molecule has 1 heterocycles. The SMILES string of the molecule is COc1cc(Cl)cc(CN(C)CC2CCCOC2)c1O. The first kappa shape index (κ1) is 15.4. The van der Waals surface area contributed by atoms with Crippen molar-refractivity contribution >= 4 is 11.6 Å². The number of hydrogen-bond donors (Lipinski definition) is 1. The van der Waals surface area contributed by atoms with Crippen LogP contribution in [0.5, 0.6) is 11.5 Å². The third kappa shape index (κ3) is 4.01. The summed E-state index contributed by atoms with van der Waals surface area (Å²) in [5.74, 6) is 1.16. The van der Waals surface area contributed by atoms with E-state index in [4.69, 9.17) is 21.1 Å². The predicted octanol–water partition coefficient (Wildman–Crippen LogP) is 2.91. The van der Waals surface area contributed by atoms with Gasteiger partial charge in [0.1, 0.15) is 0 Å². The maximum atomic E-state index is 10.1. The van der Waals surface area contributed by atoms with E-state index < -0.39 is 0 Å². The standard InChI is InChI=1S/C15H22ClNO3/c1-17(8-11-4-3-5-20-10-11)9-12-6-13(16)7-14(19-2)15(12)18/h6-7,11,18H,3-5,8-10H2,1-2H3. The minimum Gasteiger partial charge on any atom is -0.504 e. The molecule has 112 valence electrons. The van der Waals surface area contributed by atoms with Gasteiger partial charge in [-0.2, -0.15) is 0 Å². The van der Waals surface area contributed by atoms with Crippen LogP contribution in [-0.4, -0.2) is 43.9 Å². The summed E-state index contributed by atoms with van der Waals surface area (Å²) < 4.78 is 10.6. The molecule has 1 aromatic rings. The Hall–Kier alpha value is -0.970. The summed E-state index contributed by atoms with van der Waals surface area (Å²) in [5.41, 5.74) is 0.786. The number of rotatable bonds is 5. The van der Waals surface area contributed by atoms with E-state index in [1.165, 1.54) is 13.5 Å². The molecule has 0 saturated carbocycles. The number of ether oxygens (including phenoxy) is 2. The van der Waals surface area contributed by atoms with Crippen molar-refractivity contribution in [3.63, 3.8) is 0 Å². The lowest BCUT2D eigenvalue weighted by Gasteiger charge is -2.27. The van der Waals surface area contributed by atoms with Gasteiger partial charge in [0.15, 0.2) is 11.5 Å². The molecule has 0 bridgehead atoms. The Morgan fingerprint density at radius 1 is 1.50 bits per heavy atom. The summed E-state index contributed by atoms with van der Waals surface area (Å²) in [5, 5.41) is 10.7. The molecule has 1 aromatic carbocycles. The van der Waals surface area contributed by atoms with Gasteiger partial charge in [0, 0.05) is 36.3 Å². The quantitative estimate of drug-likeness (QED) is 0.908. The highest BCUT2D eigenvalue weighted by Gasteiger charge is 2.17. The van der Waals surface area contributed by atoms with Gasteiger partial charge >= 0.3 is 0 Å². The van der Waals surface area contributed by atoms with Crippen molar-refractivity contribution in [1.29, 1.82) is 0 Å². The molecule has 0 aromatic heterocycles. The zero-order valence-corrected chi connectivity index (χ0v) is 12.8. The van der Waals surface area contributed by atoms with Crippen LogP contribution >= 0.6 is 11.6 Å². The molecular formula is C15H22ClNO3. The summed E-state index contributed by atoms with van der Waals surface area (Å²) in [7, 11) is 3.57. The highest BCUT2D eigenvalue weighted by atomic mass is 35.5. The van der Waals surface area contributed by atoms with Crippen molar-refractivity contribution in [2.24, 2.45) is 5.92 Å². The zero-order chi connectivity index (χ0) is 14.5. The number of phenols is 1. The Morgan fingerprint density at radius 3 is 2.95 bits per heavy atom. The lowest BCUT2D eigenvalue weighted by molar-refractivity contribution is 0.0411. The molecule has 1 N–H and O–H groups in total. The number of benzene rings is 1. The van der Waals surface area contributed by atoms with E-state index in [-0.39, 0.29) is 5.75 Å². The van der Waals surface area contributed by atoms with Gasteiger partial charge in [-0.25, -0.2) is 0 Å². The molecule has 2 rings (SSSR count). The molecule has 1 unspecified atom stereocenters. The van der Waals surface area contributed by atoms with Gasteiger partial charge in [0.05, 0.1) is 13.7 Å². The van der Waals surface area contributed by atoms with Crippen molar-refractivity contribution in [2.75, 3.05) is 33.9 Å². The number of methoxy groups -OCH3 is 1. The molecule has 1 saturated heterocycles. The number of aromatic hydroxyl groups is 1. The predicted molar refractivity (Wildman–Crippen MR) is 79.5 cm³/mol. The van der Waals surface area contributed by atoms with Crippen LogP contribution in [0.2, 0.25) is 5.02 Å². The van der Waals surface area contributed by atoms with Crippen molar-refractivity contribution in [2.45, 2.75) is 19.4 Å². The highest BCUT2D eigenvalue weighted by Crippen LogP contribution is 2.34. The number of nitrogens with zero attached hydrogens (tertiary/aromatic N) is 1. The summed E-state index contributed by atoms with van der Waals surface area (Å²) in [6.07, 6.45) is 2.34. The Kier molecular flexibility index (Phi) is 5.52. The van der Waals surface area contributed by atoms with Crippen LogP contribution in [0.4, 0.5) is 0 Å². The first-order valence-electron chi connectivity index (χ1n) is 6.91. The Morgan fingerprint density at radius 2 is 2.30 bits per heavy atom. The van der Waals surface area contributed by atoms with Gasteiger partial charge in [-0.15, -0.1) is 0 Å². The van der Waals surface area contributed by atoms with E-state index in [1.807, 2.05) is 7.05 Å². The van der Waals surface area contributed by atoms with Crippen LogP contribution in [0, 0.1) is 5.92 Å². The molecule has 5 heteroatoms. The van der Waals surface area contributed by atoms with Crippen LogP contribution in [0.1, 0.15) is 18.4 Å². The normalized spacial score (nSPS) is 19.3. The van der Waals surface area contributed by atoms with Gasteiger partial charge in [-0.3, -0.25) is 0 Å². The second kappa shape index (κ2) is 7.16. The Balaban J connectivity index is 1.99. The van der Waals surface area contributed by atoms with Crippen LogP contribution < -0.4 is 4.74 Å². The van der Waals surface area contributed by atoms with E-state index in [2.05, 4.69) is 4.90 Å². The second-order valence-corrected chi connectivity index (χ2v) is 5.83. The smallest absolute Gasteiger partial charge is 0.162 e. The molecule has 1 aliphatic rings. The zero-order valence-electron chi connectivity index (χ0n) is 12.1. The minimum atomic E-state index is 0.170. The molecule has 1 fully saturated rings. The van der Waals surface area contributed by atoms with Gasteiger partial charge in [0.2, 0.25) is 0 Å². The van der Waals surface area contributed by atoms with Crippen molar-refractivity contribution in [3.05, 3.63) is 22.7 Å². The molecule has 0 radical (unpaired) electrons. The molecule has 1 aliphatic heterocycles. The van der Waals surface area contributed by atoms with Crippen LogP contribution in [0.15, 0.2) is 12.1 Å². The number of hydrogen-bond acceptors (Lipinski definition) is 4. The van der Waals surface area contributed by atoms with E-state index in [0.717, 1.165) is 31.7 Å². The largest absolute Gasteiger partial charge is 0.504 e. The fraction of sp³-hybridized carbons (Fsp3) is 0.600.